The number of nitrogens with one attached hydrogen (secondary N) is 1. The largest absolute Gasteiger partial charge is 0.465 e. The van der Waals surface area contributed by atoms with Crippen molar-refractivity contribution in [2.75, 3.05) is 13.7 Å². The number of hydrogen-bond donors (Lipinski definition) is 1. The van der Waals surface area contributed by atoms with Crippen molar-refractivity contribution in [1.82, 2.24) is 5.32 Å². The van der Waals surface area contributed by atoms with E-state index in [0.29, 0.717) is 18.4 Å². The number of nitrogens with zero attached hydrogens (tertiary/aromatic N) is 1. The fourth-order valence-electron chi connectivity index (χ4n) is 2.62. The van der Waals surface area contributed by atoms with E-state index in [2.05, 4.69) is 16.1 Å². The van der Waals surface area contributed by atoms with E-state index in [-0.39, 0.29) is 5.56 Å². The number of rotatable bonds is 5. The third-order valence-corrected chi connectivity index (χ3v) is 3.93. The van der Waals surface area contributed by atoms with Crippen LogP contribution in [-0.4, -0.2) is 37.1 Å². The molecule has 0 radical (unpaired) electrons. The lowest BCUT2D eigenvalue weighted by molar-refractivity contribution is -0.125. The number of esters is 2. The van der Waals surface area contributed by atoms with Crippen molar-refractivity contribution in [3.05, 3.63) is 35.4 Å². The molecule has 7 nitrogen and oxygen atoms in total. The summed E-state index contributed by atoms with van der Waals surface area (Å²) in [6, 6.07) is 7.84. The first-order valence-corrected chi connectivity index (χ1v) is 7.57. The minimum atomic E-state index is -0.842. The summed E-state index contributed by atoms with van der Waals surface area (Å²) < 4.78 is 9.50. The standard InChI is InChI=1S/C17H18N2O5/c1-23-15(21)12-4-6-13(7-5-12)16(22)24-10-14(20)19-17(11-18)8-2-3-9-17/h4-7H,2-3,8-10H2,1H3,(H,19,20). The van der Waals surface area contributed by atoms with Gasteiger partial charge in [-0.25, -0.2) is 9.59 Å². The third-order valence-electron chi connectivity index (χ3n) is 3.93. The molecule has 0 heterocycles. The van der Waals surface area contributed by atoms with Gasteiger partial charge in [0.1, 0.15) is 5.54 Å². The van der Waals surface area contributed by atoms with E-state index in [1.54, 1.807) is 0 Å². The summed E-state index contributed by atoms with van der Waals surface area (Å²) >= 11 is 0. The number of nitriles is 1. The summed E-state index contributed by atoms with van der Waals surface area (Å²) in [5.41, 5.74) is -0.318. The average Bonchev–Trinajstić information content (AvgIpc) is 3.08. The van der Waals surface area contributed by atoms with Crippen LogP contribution in [0.1, 0.15) is 46.4 Å². The van der Waals surface area contributed by atoms with E-state index in [9.17, 15) is 19.6 Å². The minimum Gasteiger partial charge on any atom is -0.465 e. The van der Waals surface area contributed by atoms with Gasteiger partial charge in [-0.1, -0.05) is 0 Å². The number of benzene rings is 1. The first-order chi connectivity index (χ1) is 11.5. The maximum absolute atomic E-state index is 11.9. The lowest BCUT2D eigenvalue weighted by Gasteiger charge is -2.21. The summed E-state index contributed by atoms with van der Waals surface area (Å²) in [6.07, 6.45) is 3.00. The normalized spacial score (nSPS) is 15.2. The van der Waals surface area contributed by atoms with Crippen LogP contribution in [0, 0.1) is 11.3 Å². The van der Waals surface area contributed by atoms with E-state index >= 15 is 0 Å². The Morgan fingerprint density at radius 1 is 1.12 bits per heavy atom. The Morgan fingerprint density at radius 3 is 2.17 bits per heavy atom. The highest BCUT2D eigenvalue weighted by Crippen LogP contribution is 2.28. The summed E-state index contributed by atoms with van der Waals surface area (Å²) in [4.78, 5) is 35.1. The van der Waals surface area contributed by atoms with E-state index in [4.69, 9.17) is 4.74 Å². The Hall–Kier alpha value is -2.88. The number of ether oxygens (including phenoxy) is 2. The molecule has 7 heteroatoms. The molecule has 1 fully saturated rings. The molecule has 1 amide bonds. The minimum absolute atomic E-state index is 0.214. The fourth-order valence-corrected chi connectivity index (χ4v) is 2.62. The van der Waals surface area contributed by atoms with E-state index in [1.807, 2.05) is 0 Å². The zero-order valence-corrected chi connectivity index (χ0v) is 13.3. The summed E-state index contributed by atoms with van der Waals surface area (Å²) in [7, 11) is 1.27. The van der Waals surface area contributed by atoms with Crippen LogP contribution in [0.25, 0.3) is 0 Å². The molecule has 1 N–H and O–H groups in total. The van der Waals surface area contributed by atoms with Gasteiger partial charge in [0.15, 0.2) is 6.61 Å². The van der Waals surface area contributed by atoms with Crippen molar-refractivity contribution >= 4 is 17.8 Å². The highest BCUT2D eigenvalue weighted by atomic mass is 16.5. The van der Waals surface area contributed by atoms with Crippen LogP contribution in [0.3, 0.4) is 0 Å². The van der Waals surface area contributed by atoms with Gasteiger partial charge >= 0.3 is 11.9 Å². The van der Waals surface area contributed by atoms with Crippen LogP contribution in [-0.2, 0) is 14.3 Å². The Kier molecular flexibility index (Phi) is 5.53. The average molecular weight is 330 g/mol. The van der Waals surface area contributed by atoms with Crippen molar-refractivity contribution in [1.29, 1.82) is 5.26 Å². The van der Waals surface area contributed by atoms with Crippen LogP contribution < -0.4 is 5.32 Å². The zero-order valence-electron chi connectivity index (χ0n) is 13.3. The van der Waals surface area contributed by atoms with Crippen LogP contribution in [0.4, 0.5) is 0 Å². The van der Waals surface area contributed by atoms with Gasteiger partial charge < -0.3 is 14.8 Å². The molecule has 1 saturated carbocycles. The molecule has 2 rings (SSSR count). The molecule has 0 saturated heterocycles. The molecule has 0 bridgehead atoms. The quantitative estimate of drug-likeness (QED) is 0.822. The van der Waals surface area contributed by atoms with Crippen molar-refractivity contribution in [2.24, 2.45) is 0 Å². The first kappa shape index (κ1) is 17.5. The molecule has 1 aliphatic carbocycles. The lowest BCUT2D eigenvalue weighted by Crippen LogP contribution is -2.46. The maximum atomic E-state index is 11.9. The van der Waals surface area contributed by atoms with Gasteiger partial charge in [0.25, 0.3) is 5.91 Å². The van der Waals surface area contributed by atoms with Crippen molar-refractivity contribution in [2.45, 2.75) is 31.2 Å². The number of carbonyl (C=O) groups is 3. The van der Waals surface area contributed by atoms with Crippen LogP contribution >= 0.6 is 0 Å². The van der Waals surface area contributed by atoms with Gasteiger partial charge in [-0.15, -0.1) is 0 Å². The SMILES string of the molecule is COC(=O)c1ccc(C(=O)OCC(=O)NC2(C#N)CCCC2)cc1. The number of hydrogen-bond acceptors (Lipinski definition) is 6. The summed E-state index contributed by atoms with van der Waals surface area (Å²) in [5.74, 6) is -1.69. The van der Waals surface area contributed by atoms with Gasteiger partial charge in [-0.05, 0) is 49.9 Å². The Labute approximate surface area is 139 Å². The Morgan fingerprint density at radius 2 is 1.67 bits per heavy atom. The van der Waals surface area contributed by atoms with Crippen LogP contribution in [0.5, 0.6) is 0 Å². The molecule has 126 valence electrons. The number of amides is 1. The van der Waals surface area contributed by atoms with Crippen molar-refractivity contribution in [3.8, 4) is 6.07 Å². The third kappa shape index (κ3) is 4.10. The van der Waals surface area contributed by atoms with Gasteiger partial charge in [0, 0.05) is 0 Å². The van der Waals surface area contributed by atoms with Gasteiger partial charge in [-0.2, -0.15) is 5.26 Å². The van der Waals surface area contributed by atoms with Crippen LogP contribution in [0.2, 0.25) is 0 Å². The lowest BCUT2D eigenvalue weighted by atomic mass is 10.00. The molecule has 0 unspecified atom stereocenters. The number of methoxy groups -OCH3 is 1. The first-order valence-electron chi connectivity index (χ1n) is 7.57. The molecule has 0 aliphatic heterocycles. The van der Waals surface area contributed by atoms with Crippen molar-refractivity contribution < 1.29 is 23.9 Å². The molecular formula is C17H18N2O5. The molecule has 1 aromatic rings. The molecule has 0 atom stereocenters. The predicted octanol–water partition coefficient (Wildman–Crippen LogP) is 1.58. The summed E-state index contributed by atoms with van der Waals surface area (Å²) in [5, 5.41) is 11.8. The predicted molar refractivity (Wildman–Crippen MR) is 83.0 cm³/mol. The fraction of sp³-hybridized carbons (Fsp3) is 0.412. The second-order valence-electron chi connectivity index (χ2n) is 5.59. The molecule has 24 heavy (non-hydrogen) atoms. The number of carbonyl (C=O) groups excluding carboxylic acids is 3. The van der Waals surface area contributed by atoms with E-state index in [1.165, 1.54) is 31.4 Å². The maximum Gasteiger partial charge on any atom is 0.338 e. The van der Waals surface area contributed by atoms with Gasteiger partial charge in [-0.3, -0.25) is 4.79 Å². The monoisotopic (exact) mass is 330 g/mol. The highest BCUT2D eigenvalue weighted by molar-refractivity contribution is 5.94. The van der Waals surface area contributed by atoms with Gasteiger partial charge in [0.2, 0.25) is 0 Å². The molecule has 1 aliphatic rings. The smallest absolute Gasteiger partial charge is 0.338 e. The Balaban J connectivity index is 1.87. The molecule has 0 aromatic heterocycles. The second kappa shape index (κ2) is 7.59. The zero-order chi connectivity index (χ0) is 17.6. The van der Waals surface area contributed by atoms with E-state index < -0.39 is 30.0 Å². The topological polar surface area (TPSA) is 105 Å². The molecular weight excluding hydrogens is 312 g/mol. The highest BCUT2D eigenvalue weighted by Gasteiger charge is 2.35. The molecule has 1 aromatic carbocycles. The van der Waals surface area contributed by atoms with E-state index in [0.717, 1.165) is 12.8 Å². The van der Waals surface area contributed by atoms with Crippen LogP contribution in [0.15, 0.2) is 24.3 Å². The summed E-state index contributed by atoms with van der Waals surface area (Å²) in [6.45, 7) is -0.457. The Bertz CT molecular complexity index is 669. The van der Waals surface area contributed by atoms with Gasteiger partial charge in [0.05, 0.1) is 24.3 Å². The second-order valence-corrected chi connectivity index (χ2v) is 5.59. The van der Waals surface area contributed by atoms with Crippen molar-refractivity contribution in [3.63, 3.8) is 0 Å². The molecule has 0 spiro atoms.